The molecule has 34 heavy (non-hydrogen) atoms. The number of benzene rings is 3. The Hall–Kier alpha value is -4.43. The number of carbonyl (C=O) groups is 2. The molecule has 0 saturated carbocycles. The lowest BCUT2D eigenvalue weighted by Crippen LogP contribution is -2.12. The van der Waals surface area contributed by atoms with Crippen molar-refractivity contribution in [1.29, 1.82) is 0 Å². The molecule has 0 heterocycles. The second-order valence-electron chi connectivity index (χ2n) is 7.65. The topological polar surface area (TPSA) is 52.6 Å². The summed E-state index contributed by atoms with van der Waals surface area (Å²) in [5.74, 6) is 3.97. The van der Waals surface area contributed by atoms with Crippen LogP contribution in [0.5, 0.6) is 11.5 Å². The zero-order valence-corrected chi connectivity index (χ0v) is 19.2. The van der Waals surface area contributed by atoms with Crippen LogP contribution in [0.15, 0.2) is 85.0 Å². The van der Waals surface area contributed by atoms with E-state index in [2.05, 4.69) is 25.0 Å². The van der Waals surface area contributed by atoms with Gasteiger partial charge in [-0.1, -0.05) is 49.4 Å². The van der Waals surface area contributed by atoms with E-state index in [1.54, 1.807) is 25.1 Å². The molecule has 5 heteroatoms. The van der Waals surface area contributed by atoms with Crippen molar-refractivity contribution in [3.63, 3.8) is 0 Å². The largest absolute Gasteiger partial charge is 0.419 e. The highest BCUT2D eigenvalue weighted by atomic mass is 19.1. The Morgan fingerprint density at radius 2 is 1.32 bits per heavy atom. The summed E-state index contributed by atoms with van der Waals surface area (Å²) in [6.45, 7) is 11.9. The molecule has 0 bridgehead atoms. The molecule has 0 aliphatic carbocycles. The van der Waals surface area contributed by atoms with Crippen molar-refractivity contribution >= 4 is 11.9 Å². The minimum Gasteiger partial charge on any atom is -0.419 e. The Kier molecular flexibility index (Phi) is 7.45. The predicted molar refractivity (Wildman–Crippen MR) is 131 cm³/mol. The fraction of sp³-hybridized carbons (Fsp3) is 0.103. The van der Waals surface area contributed by atoms with Crippen molar-refractivity contribution in [2.75, 3.05) is 0 Å². The third kappa shape index (κ3) is 5.67. The fourth-order valence-electron chi connectivity index (χ4n) is 3.03. The van der Waals surface area contributed by atoms with Crippen LogP contribution in [0, 0.1) is 17.7 Å². The molecule has 3 aromatic carbocycles. The summed E-state index contributed by atoms with van der Waals surface area (Å²) in [5.41, 5.74) is 3.52. The normalized spacial score (nSPS) is 10.0. The van der Waals surface area contributed by atoms with Crippen molar-refractivity contribution in [1.82, 2.24) is 0 Å². The smallest absolute Gasteiger partial charge is 0.338 e. The Balaban J connectivity index is 1.98. The molecule has 0 saturated heterocycles. The van der Waals surface area contributed by atoms with Crippen LogP contribution in [0.3, 0.4) is 0 Å². The standard InChI is InChI=1S/C29H23FO4/c1-6-7-20-8-10-21(11-9-20)22-12-14-24(25(30)16-22)23-13-15-26(33-28(31)18(2)3)27(17-23)34-29(32)19(4)5/h8-17H,2,4H2,1,3,5H3. The molecule has 4 nitrogen and oxygen atoms in total. The maximum absolute atomic E-state index is 15.1. The average molecular weight is 454 g/mol. The SMILES string of the molecule is C=C(C)C(=O)Oc1ccc(-c2ccc(-c3ccc(C#CC)cc3)cc2F)cc1OC(=O)C(=C)C. The van der Waals surface area contributed by atoms with Crippen LogP contribution in [-0.2, 0) is 9.59 Å². The minimum absolute atomic E-state index is 0.0126. The van der Waals surface area contributed by atoms with Gasteiger partial charge in [0.1, 0.15) is 5.82 Å². The van der Waals surface area contributed by atoms with Crippen LogP contribution < -0.4 is 9.47 Å². The van der Waals surface area contributed by atoms with E-state index in [1.807, 2.05) is 24.3 Å². The van der Waals surface area contributed by atoms with Gasteiger partial charge in [-0.15, -0.1) is 5.92 Å². The minimum atomic E-state index is -0.697. The molecule has 3 rings (SSSR count). The van der Waals surface area contributed by atoms with Crippen LogP contribution in [0.25, 0.3) is 22.3 Å². The van der Waals surface area contributed by atoms with Gasteiger partial charge in [0.15, 0.2) is 11.5 Å². The first-order valence-electron chi connectivity index (χ1n) is 10.4. The Bertz CT molecular complexity index is 1360. The lowest BCUT2D eigenvalue weighted by atomic mass is 9.98. The molecule has 0 atom stereocenters. The van der Waals surface area contributed by atoms with E-state index in [0.717, 1.165) is 11.1 Å². The number of ether oxygens (including phenoxy) is 2. The molecular weight excluding hydrogens is 431 g/mol. The van der Waals surface area contributed by atoms with Crippen molar-refractivity contribution in [3.05, 3.63) is 96.3 Å². The highest BCUT2D eigenvalue weighted by Gasteiger charge is 2.17. The third-order valence-corrected chi connectivity index (χ3v) is 4.81. The summed E-state index contributed by atoms with van der Waals surface area (Å²) in [6.07, 6.45) is 0. The summed E-state index contributed by atoms with van der Waals surface area (Å²) in [6, 6.07) is 16.9. The Morgan fingerprint density at radius 3 is 1.88 bits per heavy atom. The van der Waals surface area contributed by atoms with E-state index < -0.39 is 17.8 Å². The van der Waals surface area contributed by atoms with Crippen LogP contribution in [-0.4, -0.2) is 11.9 Å². The quantitative estimate of drug-likeness (QED) is 0.185. The van der Waals surface area contributed by atoms with E-state index in [1.165, 1.54) is 32.0 Å². The predicted octanol–water partition coefficient (Wildman–Crippen LogP) is 6.49. The van der Waals surface area contributed by atoms with Gasteiger partial charge in [0.25, 0.3) is 0 Å². The highest BCUT2D eigenvalue weighted by molar-refractivity contribution is 5.91. The van der Waals surface area contributed by atoms with Crippen LogP contribution in [0.1, 0.15) is 26.3 Å². The lowest BCUT2D eigenvalue weighted by molar-refractivity contribution is -0.132. The summed E-state index contributed by atoms with van der Waals surface area (Å²) < 4.78 is 25.7. The molecule has 0 fully saturated rings. The van der Waals surface area contributed by atoms with Gasteiger partial charge in [-0.25, -0.2) is 14.0 Å². The molecular formula is C29H23FO4. The van der Waals surface area contributed by atoms with Gasteiger partial charge in [-0.05, 0) is 67.8 Å². The molecule has 0 aliphatic rings. The summed E-state index contributed by atoms with van der Waals surface area (Å²) >= 11 is 0. The summed E-state index contributed by atoms with van der Waals surface area (Å²) in [7, 11) is 0. The molecule has 0 radical (unpaired) electrons. The van der Waals surface area contributed by atoms with Crippen molar-refractivity contribution in [3.8, 4) is 45.6 Å². The van der Waals surface area contributed by atoms with Gasteiger partial charge in [0.2, 0.25) is 0 Å². The fourth-order valence-corrected chi connectivity index (χ4v) is 3.03. The monoisotopic (exact) mass is 454 g/mol. The van der Waals surface area contributed by atoms with E-state index in [9.17, 15) is 9.59 Å². The first-order chi connectivity index (χ1) is 16.2. The molecule has 0 aromatic heterocycles. The summed E-state index contributed by atoms with van der Waals surface area (Å²) in [5, 5.41) is 0. The number of hydrogen-bond acceptors (Lipinski definition) is 4. The van der Waals surface area contributed by atoms with Gasteiger partial charge >= 0.3 is 11.9 Å². The molecule has 0 spiro atoms. The van der Waals surface area contributed by atoms with E-state index >= 15 is 4.39 Å². The van der Waals surface area contributed by atoms with E-state index in [0.29, 0.717) is 16.7 Å². The van der Waals surface area contributed by atoms with Crippen molar-refractivity contribution in [2.45, 2.75) is 20.8 Å². The second-order valence-corrected chi connectivity index (χ2v) is 7.65. The molecule has 170 valence electrons. The zero-order chi connectivity index (χ0) is 24.8. The Labute approximate surface area is 198 Å². The molecule has 0 aliphatic heterocycles. The number of carbonyl (C=O) groups excluding carboxylic acids is 2. The first-order valence-corrected chi connectivity index (χ1v) is 10.4. The van der Waals surface area contributed by atoms with Crippen LogP contribution in [0.2, 0.25) is 0 Å². The number of halogens is 1. The van der Waals surface area contributed by atoms with Gasteiger partial charge in [0.05, 0.1) is 0 Å². The third-order valence-electron chi connectivity index (χ3n) is 4.81. The van der Waals surface area contributed by atoms with E-state index in [4.69, 9.17) is 9.47 Å². The molecule has 3 aromatic rings. The maximum atomic E-state index is 15.1. The highest BCUT2D eigenvalue weighted by Crippen LogP contribution is 2.36. The van der Waals surface area contributed by atoms with Crippen LogP contribution >= 0.6 is 0 Å². The molecule has 0 unspecified atom stereocenters. The van der Waals surface area contributed by atoms with E-state index in [-0.39, 0.29) is 22.6 Å². The Morgan fingerprint density at radius 1 is 0.765 bits per heavy atom. The van der Waals surface area contributed by atoms with Crippen LogP contribution in [0.4, 0.5) is 4.39 Å². The molecule has 0 N–H and O–H groups in total. The zero-order valence-electron chi connectivity index (χ0n) is 19.2. The summed E-state index contributed by atoms with van der Waals surface area (Å²) in [4.78, 5) is 24.1. The van der Waals surface area contributed by atoms with Gasteiger partial charge in [-0.2, -0.15) is 0 Å². The number of hydrogen-bond donors (Lipinski definition) is 0. The van der Waals surface area contributed by atoms with Gasteiger partial charge in [-0.3, -0.25) is 0 Å². The van der Waals surface area contributed by atoms with Gasteiger partial charge in [0, 0.05) is 22.3 Å². The number of rotatable bonds is 6. The average Bonchev–Trinajstić information content (AvgIpc) is 2.80. The van der Waals surface area contributed by atoms with Crippen molar-refractivity contribution in [2.24, 2.45) is 0 Å². The maximum Gasteiger partial charge on any atom is 0.338 e. The molecule has 0 amide bonds. The number of esters is 2. The lowest BCUT2D eigenvalue weighted by Gasteiger charge is -2.13. The van der Waals surface area contributed by atoms with Crippen molar-refractivity contribution < 1.29 is 23.5 Å². The second kappa shape index (κ2) is 10.5. The van der Waals surface area contributed by atoms with Gasteiger partial charge < -0.3 is 9.47 Å². The first kappa shape index (κ1) is 24.2.